The molecule has 0 aliphatic carbocycles. The fourth-order valence-electron chi connectivity index (χ4n) is 2.17. The van der Waals surface area contributed by atoms with Crippen LogP contribution in [-0.2, 0) is 6.42 Å². The van der Waals surface area contributed by atoms with Crippen molar-refractivity contribution in [2.75, 3.05) is 0 Å². The second kappa shape index (κ2) is 4.27. The zero-order valence-corrected chi connectivity index (χ0v) is 12.4. The number of hydrogen-bond donors (Lipinski definition) is 0. The van der Waals surface area contributed by atoms with Crippen LogP contribution in [0.15, 0.2) is 34.8 Å². The molecule has 0 aliphatic rings. The van der Waals surface area contributed by atoms with Crippen LogP contribution >= 0.6 is 38.9 Å². The lowest BCUT2D eigenvalue weighted by atomic mass is 10.1. The van der Waals surface area contributed by atoms with Crippen molar-refractivity contribution in [1.82, 2.24) is 0 Å². The van der Waals surface area contributed by atoms with Gasteiger partial charge in [0, 0.05) is 29.7 Å². The highest BCUT2D eigenvalue weighted by Gasteiger charge is 2.10. The molecule has 0 saturated heterocycles. The Morgan fingerprint density at radius 1 is 1.18 bits per heavy atom. The topological polar surface area (TPSA) is 0 Å². The van der Waals surface area contributed by atoms with E-state index < -0.39 is 0 Å². The molecule has 0 nitrogen and oxygen atoms in total. The van der Waals surface area contributed by atoms with Crippen molar-refractivity contribution < 1.29 is 0 Å². The fourth-order valence-corrected chi connectivity index (χ4v) is 4.39. The lowest BCUT2D eigenvalue weighted by Crippen LogP contribution is -1.81. The van der Waals surface area contributed by atoms with Crippen molar-refractivity contribution >= 4 is 59.0 Å². The number of rotatable bonds is 1. The van der Waals surface area contributed by atoms with Crippen LogP contribution < -0.4 is 0 Å². The maximum atomic E-state index is 6.26. The van der Waals surface area contributed by atoms with Crippen LogP contribution in [0.25, 0.3) is 20.2 Å². The Hall–Kier alpha value is -0.570. The van der Waals surface area contributed by atoms with Gasteiger partial charge in [-0.1, -0.05) is 46.6 Å². The van der Waals surface area contributed by atoms with E-state index in [4.69, 9.17) is 11.6 Å². The van der Waals surface area contributed by atoms with Gasteiger partial charge >= 0.3 is 0 Å². The van der Waals surface area contributed by atoms with E-state index in [9.17, 15) is 0 Å². The molecule has 0 atom stereocenters. The Bertz CT molecular complexity index is 715. The van der Waals surface area contributed by atoms with Crippen LogP contribution in [0.4, 0.5) is 0 Å². The SMILES string of the molecule is CCc1c(Cl)ccc2c1sc1cc(Br)ccc12. The Balaban J connectivity index is 2.50. The molecule has 2 aromatic carbocycles. The van der Waals surface area contributed by atoms with E-state index in [0.29, 0.717) is 0 Å². The summed E-state index contributed by atoms with van der Waals surface area (Å²) in [5.74, 6) is 0. The zero-order chi connectivity index (χ0) is 12.0. The minimum atomic E-state index is 0.880. The van der Waals surface area contributed by atoms with Gasteiger partial charge in [0.1, 0.15) is 0 Å². The maximum absolute atomic E-state index is 6.26. The van der Waals surface area contributed by atoms with E-state index in [-0.39, 0.29) is 0 Å². The van der Waals surface area contributed by atoms with Gasteiger partial charge in [-0.2, -0.15) is 0 Å². The molecule has 0 N–H and O–H groups in total. The number of hydrogen-bond acceptors (Lipinski definition) is 1. The maximum Gasteiger partial charge on any atom is 0.0452 e. The summed E-state index contributed by atoms with van der Waals surface area (Å²) < 4.78 is 3.76. The standard InChI is InChI=1S/C14H10BrClS/c1-2-9-12(16)6-5-11-10-4-3-8(15)7-13(10)17-14(9)11/h3-7H,2H2,1H3. The van der Waals surface area contributed by atoms with Crippen molar-refractivity contribution in [1.29, 1.82) is 0 Å². The Labute approximate surface area is 117 Å². The number of halogens is 2. The van der Waals surface area contributed by atoms with Gasteiger partial charge in [-0.3, -0.25) is 0 Å². The minimum Gasteiger partial charge on any atom is -0.135 e. The van der Waals surface area contributed by atoms with Gasteiger partial charge < -0.3 is 0 Å². The number of aryl methyl sites for hydroxylation is 1. The normalized spacial score (nSPS) is 11.5. The zero-order valence-electron chi connectivity index (χ0n) is 9.26. The fraction of sp³-hybridized carbons (Fsp3) is 0.143. The molecule has 0 aliphatic heterocycles. The van der Waals surface area contributed by atoms with Crippen molar-refractivity contribution in [2.45, 2.75) is 13.3 Å². The highest BCUT2D eigenvalue weighted by atomic mass is 79.9. The average molecular weight is 326 g/mol. The summed E-state index contributed by atoms with van der Waals surface area (Å²) in [5, 5.41) is 3.52. The Morgan fingerprint density at radius 3 is 2.71 bits per heavy atom. The first kappa shape index (κ1) is 11.5. The summed E-state index contributed by atoms with van der Waals surface area (Å²) in [6.45, 7) is 2.15. The molecule has 0 fully saturated rings. The first-order chi connectivity index (χ1) is 8.20. The van der Waals surface area contributed by atoms with Gasteiger partial charge in [-0.25, -0.2) is 0 Å². The molecule has 3 rings (SSSR count). The van der Waals surface area contributed by atoms with Gasteiger partial charge in [0.25, 0.3) is 0 Å². The first-order valence-corrected chi connectivity index (χ1v) is 7.48. The Kier molecular flexibility index (Phi) is 2.89. The molecule has 86 valence electrons. The molecule has 1 heterocycles. The first-order valence-electron chi connectivity index (χ1n) is 5.50. The third kappa shape index (κ3) is 1.79. The smallest absolute Gasteiger partial charge is 0.0452 e. The highest BCUT2D eigenvalue weighted by Crippen LogP contribution is 2.39. The van der Waals surface area contributed by atoms with Crippen LogP contribution in [0.5, 0.6) is 0 Å². The summed E-state index contributed by atoms with van der Waals surface area (Å²) in [6, 6.07) is 10.6. The second-order valence-electron chi connectivity index (χ2n) is 4.00. The highest BCUT2D eigenvalue weighted by molar-refractivity contribution is 9.10. The monoisotopic (exact) mass is 324 g/mol. The largest absolute Gasteiger partial charge is 0.135 e. The van der Waals surface area contributed by atoms with Crippen molar-refractivity contribution in [3.63, 3.8) is 0 Å². The molecular weight excluding hydrogens is 316 g/mol. The van der Waals surface area contributed by atoms with E-state index in [2.05, 4.69) is 47.1 Å². The predicted molar refractivity (Wildman–Crippen MR) is 81.4 cm³/mol. The number of thiophene rings is 1. The molecule has 0 amide bonds. The summed E-state index contributed by atoms with van der Waals surface area (Å²) >= 11 is 11.6. The lowest BCUT2D eigenvalue weighted by Gasteiger charge is -2.01. The Morgan fingerprint density at radius 2 is 1.94 bits per heavy atom. The van der Waals surface area contributed by atoms with Gasteiger partial charge in [0.2, 0.25) is 0 Å². The molecule has 0 unspecified atom stereocenters. The van der Waals surface area contributed by atoms with E-state index in [1.54, 1.807) is 0 Å². The van der Waals surface area contributed by atoms with E-state index in [0.717, 1.165) is 15.9 Å². The summed E-state index contributed by atoms with van der Waals surface area (Å²) in [5.41, 5.74) is 1.27. The molecule has 17 heavy (non-hydrogen) atoms. The van der Waals surface area contributed by atoms with Crippen molar-refractivity contribution in [3.8, 4) is 0 Å². The quantitative estimate of drug-likeness (QED) is 0.512. The van der Waals surface area contributed by atoms with Crippen LogP contribution in [0, 0.1) is 0 Å². The third-order valence-electron chi connectivity index (χ3n) is 3.00. The van der Waals surface area contributed by atoms with Gasteiger partial charge in [-0.15, -0.1) is 11.3 Å². The molecule has 0 spiro atoms. The van der Waals surface area contributed by atoms with Crippen molar-refractivity contribution in [2.24, 2.45) is 0 Å². The number of benzene rings is 2. The van der Waals surface area contributed by atoms with E-state index in [1.165, 1.54) is 25.7 Å². The predicted octanol–water partition coefficient (Wildman–Crippen LogP) is 6.03. The molecule has 3 heteroatoms. The van der Waals surface area contributed by atoms with Crippen LogP contribution in [0.3, 0.4) is 0 Å². The van der Waals surface area contributed by atoms with Gasteiger partial charge in [0.15, 0.2) is 0 Å². The number of fused-ring (bicyclic) bond motifs is 3. The van der Waals surface area contributed by atoms with Crippen LogP contribution in [0.1, 0.15) is 12.5 Å². The molecule has 3 aromatic rings. The van der Waals surface area contributed by atoms with Gasteiger partial charge in [-0.05, 0) is 30.2 Å². The summed E-state index contributed by atoms with van der Waals surface area (Å²) in [6.07, 6.45) is 0.976. The summed E-state index contributed by atoms with van der Waals surface area (Å²) in [4.78, 5) is 0. The van der Waals surface area contributed by atoms with E-state index >= 15 is 0 Å². The van der Waals surface area contributed by atoms with Crippen LogP contribution in [-0.4, -0.2) is 0 Å². The molecule has 0 bridgehead atoms. The summed E-state index contributed by atoms with van der Waals surface area (Å²) in [7, 11) is 0. The minimum absolute atomic E-state index is 0.880. The van der Waals surface area contributed by atoms with Crippen LogP contribution in [0.2, 0.25) is 5.02 Å². The molecule has 1 aromatic heterocycles. The second-order valence-corrected chi connectivity index (χ2v) is 6.37. The molecule has 0 radical (unpaired) electrons. The van der Waals surface area contributed by atoms with Crippen molar-refractivity contribution in [3.05, 3.63) is 45.4 Å². The lowest BCUT2D eigenvalue weighted by molar-refractivity contribution is 1.16. The third-order valence-corrected chi connectivity index (χ3v) is 5.08. The molecular formula is C14H10BrClS. The van der Waals surface area contributed by atoms with Gasteiger partial charge in [0.05, 0.1) is 0 Å². The molecule has 0 saturated carbocycles. The van der Waals surface area contributed by atoms with E-state index in [1.807, 2.05) is 17.4 Å². The average Bonchev–Trinajstić information content (AvgIpc) is 2.66.